The smallest absolute Gasteiger partial charge is 0.306 e. The van der Waals surface area contributed by atoms with E-state index in [0.29, 0.717) is 12.6 Å². The maximum Gasteiger partial charge on any atom is 0.306 e. The van der Waals surface area contributed by atoms with Gasteiger partial charge in [-0.1, -0.05) is 19.8 Å². The third-order valence-electron chi connectivity index (χ3n) is 4.18. The molecule has 2 aliphatic rings. The lowest BCUT2D eigenvalue weighted by Crippen LogP contribution is -2.49. The molecule has 1 saturated heterocycles. The molecule has 1 aliphatic heterocycles. The van der Waals surface area contributed by atoms with Gasteiger partial charge in [-0.25, -0.2) is 0 Å². The SMILES string of the molecule is CCC1CCCC1N1CCOC(CC(=O)O)C1. The minimum Gasteiger partial charge on any atom is -0.481 e. The van der Waals surface area contributed by atoms with Gasteiger partial charge in [-0.05, 0) is 18.8 Å². The Kier molecular flexibility index (Phi) is 4.40. The molecule has 0 spiro atoms. The van der Waals surface area contributed by atoms with E-state index in [9.17, 15) is 4.79 Å². The molecule has 0 aromatic heterocycles. The van der Waals surface area contributed by atoms with Crippen molar-refractivity contribution in [1.29, 1.82) is 0 Å². The van der Waals surface area contributed by atoms with Crippen LogP contribution in [0.5, 0.6) is 0 Å². The minimum absolute atomic E-state index is 0.112. The van der Waals surface area contributed by atoms with Crippen molar-refractivity contribution < 1.29 is 14.6 Å². The van der Waals surface area contributed by atoms with Gasteiger partial charge in [-0.3, -0.25) is 9.69 Å². The molecule has 17 heavy (non-hydrogen) atoms. The van der Waals surface area contributed by atoms with Crippen LogP contribution in [0.15, 0.2) is 0 Å². The fraction of sp³-hybridized carbons (Fsp3) is 0.923. The number of rotatable bonds is 4. The van der Waals surface area contributed by atoms with Gasteiger partial charge < -0.3 is 9.84 Å². The van der Waals surface area contributed by atoms with Crippen molar-refractivity contribution in [2.75, 3.05) is 19.7 Å². The Morgan fingerprint density at radius 1 is 1.47 bits per heavy atom. The zero-order chi connectivity index (χ0) is 12.3. The molecular weight excluding hydrogens is 218 g/mol. The molecule has 0 bridgehead atoms. The highest BCUT2D eigenvalue weighted by atomic mass is 16.5. The second kappa shape index (κ2) is 5.83. The van der Waals surface area contributed by atoms with Crippen LogP contribution < -0.4 is 0 Å². The van der Waals surface area contributed by atoms with Crippen molar-refractivity contribution in [3.63, 3.8) is 0 Å². The van der Waals surface area contributed by atoms with Gasteiger partial charge in [0, 0.05) is 19.1 Å². The summed E-state index contributed by atoms with van der Waals surface area (Å²) in [6.07, 6.45) is 5.20. The number of hydrogen-bond donors (Lipinski definition) is 1. The number of ether oxygens (including phenoxy) is 1. The van der Waals surface area contributed by atoms with E-state index in [4.69, 9.17) is 9.84 Å². The quantitative estimate of drug-likeness (QED) is 0.814. The largest absolute Gasteiger partial charge is 0.481 e. The van der Waals surface area contributed by atoms with Crippen LogP contribution in [0.3, 0.4) is 0 Å². The molecule has 1 heterocycles. The predicted octanol–water partition coefficient (Wildman–Crippen LogP) is 1.74. The van der Waals surface area contributed by atoms with Crippen LogP contribution in [0.1, 0.15) is 39.0 Å². The molecule has 2 rings (SSSR count). The van der Waals surface area contributed by atoms with Gasteiger partial charge in [0.15, 0.2) is 0 Å². The monoisotopic (exact) mass is 241 g/mol. The number of morpholine rings is 1. The van der Waals surface area contributed by atoms with Crippen LogP contribution in [0.2, 0.25) is 0 Å². The van der Waals surface area contributed by atoms with Gasteiger partial charge in [0.1, 0.15) is 0 Å². The Hall–Kier alpha value is -0.610. The lowest BCUT2D eigenvalue weighted by atomic mass is 9.98. The van der Waals surface area contributed by atoms with E-state index >= 15 is 0 Å². The lowest BCUT2D eigenvalue weighted by molar-refractivity contribution is -0.142. The van der Waals surface area contributed by atoms with Gasteiger partial charge in [0.2, 0.25) is 0 Å². The fourth-order valence-corrected chi connectivity index (χ4v) is 3.34. The highest BCUT2D eigenvalue weighted by molar-refractivity contribution is 5.67. The molecule has 0 aromatic rings. The number of aliphatic carboxylic acids is 1. The van der Waals surface area contributed by atoms with Gasteiger partial charge in [0.05, 0.1) is 19.1 Å². The van der Waals surface area contributed by atoms with E-state index in [0.717, 1.165) is 19.0 Å². The summed E-state index contributed by atoms with van der Waals surface area (Å²) in [7, 11) is 0. The fourth-order valence-electron chi connectivity index (χ4n) is 3.34. The summed E-state index contributed by atoms with van der Waals surface area (Å²) in [4.78, 5) is 13.2. The first-order valence-electron chi connectivity index (χ1n) is 6.78. The zero-order valence-corrected chi connectivity index (χ0v) is 10.6. The van der Waals surface area contributed by atoms with E-state index in [-0.39, 0.29) is 12.5 Å². The van der Waals surface area contributed by atoms with Crippen LogP contribution in [0.25, 0.3) is 0 Å². The van der Waals surface area contributed by atoms with Crippen molar-refractivity contribution in [1.82, 2.24) is 4.90 Å². The molecule has 2 fully saturated rings. The van der Waals surface area contributed by atoms with Gasteiger partial charge in [-0.15, -0.1) is 0 Å². The van der Waals surface area contributed by atoms with Crippen LogP contribution >= 0.6 is 0 Å². The summed E-state index contributed by atoms with van der Waals surface area (Å²) in [6.45, 7) is 4.72. The number of hydrogen-bond acceptors (Lipinski definition) is 3. The first kappa shape index (κ1) is 12.8. The highest BCUT2D eigenvalue weighted by Crippen LogP contribution is 2.33. The first-order chi connectivity index (χ1) is 8.20. The van der Waals surface area contributed by atoms with Crippen molar-refractivity contribution in [2.45, 2.75) is 51.2 Å². The van der Waals surface area contributed by atoms with Crippen molar-refractivity contribution >= 4 is 5.97 Å². The number of carboxylic acid groups (broad SMARTS) is 1. The average molecular weight is 241 g/mol. The topological polar surface area (TPSA) is 49.8 Å². The highest BCUT2D eigenvalue weighted by Gasteiger charge is 2.34. The van der Waals surface area contributed by atoms with Gasteiger partial charge in [-0.2, -0.15) is 0 Å². The van der Waals surface area contributed by atoms with Crippen LogP contribution in [0, 0.1) is 5.92 Å². The van der Waals surface area contributed by atoms with E-state index in [2.05, 4.69) is 11.8 Å². The Morgan fingerprint density at radius 3 is 3.00 bits per heavy atom. The Morgan fingerprint density at radius 2 is 2.29 bits per heavy atom. The second-order valence-electron chi connectivity index (χ2n) is 5.25. The summed E-state index contributed by atoms with van der Waals surface area (Å²) >= 11 is 0. The summed E-state index contributed by atoms with van der Waals surface area (Å²) in [6, 6.07) is 0.667. The van der Waals surface area contributed by atoms with E-state index in [1.165, 1.54) is 25.7 Å². The summed E-state index contributed by atoms with van der Waals surface area (Å²) in [5.41, 5.74) is 0. The second-order valence-corrected chi connectivity index (χ2v) is 5.25. The van der Waals surface area contributed by atoms with E-state index < -0.39 is 5.97 Å². The van der Waals surface area contributed by atoms with Crippen molar-refractivity contribution in [2.24, 2.45) is 5.92 Å². The molecule has 3 unspecified atom stereocenters. The third kappa shape index (κ3) is 3.19. The molecular formula is C13H23NO3. The van der Waals surface area contributed by atoms with Crippen LogP contribution in [-0.4, -0.2) is 47.8 Å². The van der Waals surface area contributed by atoms with Crippen LogP contribution in [0.4, 0.5) is 0 Å². The molecule has 1 saturated carbocycles. The van der Waals surface area contributed by atoms with E-state index in [1.807, 2.05) is 0 Å². The Balaban J connectivity index is 1.90. The molecule has 0 radical (unpaired) electrons. The van der Waals surface area contributed by atoms with Crippen molar-refractivity contribution in [3.8, 4) is 0 Å². The Labute approximate surface area is 103 Å². The maximum absolute atomic E-state index is 10.7. The standard InChI is InChI=1S/C13H23NO3/c1-2-10-4-3-5-12(10)14-6-7-17-11(9-14)8-13(15)16/h10-12H,2-9H2,1H3,(H,15,16). The maximum atomic E-state index is 10.7. The number of carbonyl (C=O) groups is 1. The minimum atomic E-state index is -0.754. The van der Waals surface area contributed by atoms with Gasteiger partial charge in [0.25, 0.3) is 0 Å². The third-order valence-corrected chi connectivity index (χ3v) is 4.18. The van der Waals surface area contributed by atoms with Gasteiger partial charge >= 0.3 is 5.97 Å². The van der Waals surface area contributed by atoms with Crippen molar-refractivity contribution in [3.05, 3.63) is 0 Å². The molecule has 98 valence electrons. The summed E-state index contributed by atoms with van der Waals surface area (Å²) < 4.78 is 5.52. The normalized spacial score (nSPS) is 35.0. The zero-order valence-electron chi connectivity index (χ0n) is 10.6. The van der Waals surface area contributed by atoms with Crippen LogP contribution in [-0.2, 0) is 9.53 Å². The molecule has 3 atom stereocenters. The Bertz CT molecular complexity index is 269. The molecule has 1 aliphatic carbocycles. The summed E-state index contributed by atoms with van der Waals surface area (Å²) in [5.74, 6) is 0.0499. The molecule has 0 aromatic carbocycles. The molecule has 4 nitrogen and oxygen atoms in total. The predicted molar refractivity (Wildman–Crippen MR) is 65.0 cm³/mol. The molecule has 1 N–H and O–H groups in total. The average Bonchev–Trinajstić information content (AvgIpc) is 2.76. The number of carboxylic acids is 1. The molecule has 4 heteroatoms. The summed E-state index contributed by atoms with van der Waals surface area (Å²) in [5, 5.41) is 8.82. The molecule has 0 amide bonds. The lowest BCUT2D eigenvalue weighted by Gasteiger charge is -2.38. The first-order valence-corrected chi connectivity index (χ1v) is 6.78. The van der Waals surface area contributed by atoms with E-state index in [1.54, 1.807) is 0 Å². The number of nitrogens with zero attached hydrogens (tertiary/aromatic N) is 1.